The topological polar surface area (TPSA) is 87.7 Å². The van der Waals surface area contributed by atoms with Gasteiger partial charge in [-0.25, -0.2) is 4.79 Å². The summed E-state index contributed by atoms with van der Waals surface area (Å²) in [5.41, 5.74) is 0.383. The molecule has 1 spiro atoms. The van der Waals surface area contributed by atoms with E-state index in [-0.39, 0.29) is 23.8 Å². The van der Waals surface area contributed by atoms with Crippen LogP contribution in [0.5, 0.6) is 5.75 Å². The van der Waals surface area contributed by atoms with E-state index in [0.717, 1.165) is 18.5 Å². The van der Waals surface area contributed by atoms with Crippen LogP contribution in [-0.4, -0.2) is 37.0 Å². The van der Waals surface area contributed by atoms with Crippen LogP contribution in [0.1, 0.15) is 36.0 Å². The standard InChI is InChI=1S/C23H25N3O4/c1-30-19-10-6-5-9-18(19)20(27)24-15-16-11-13-23(14-12-16)21(28)25-22(29)26(23)17-7-3-2-4-8-17/h2-10,16H,11-15H2,1H3,(H,24,27)(H,25,28,29). The van der Waals surface area contributed by atoms with Crippen molar-refractivity contribution in [3.05, 3.63) is 60.2 Å². The van der Waals surface area contributed by atoms with Crippen molar-refractivity contribution >= 4 is 23.5 Å². The van der Waals surface area contributed by atoms with Gasteiger partial charge in [-0.3, -0.25) is 19.8 Å². The molecule has 7 heteroatoms. The highest BCUT2D eigenvalue weighted by Gasteiger charge is 2.54. The first-order chi connectivity index (χ1) is 14.5. The quantitative estimate of drug-likeness (QED) is 0.746. The molecule has 2 aromatic carbocycles. The third-order valence-corrected chi connectivity index (χ3v) is 6.12. The van der Waals surface area contributed by atoms with Gasteiger partial charge in [-0.2, -0.15) is 0 Å². The summed E-state index contributed by atoms with van der Waals surface area (Å²) in [5, 5.41) is 5.47. The van der Waals surface area contributed by atoms with E-state index in [1.807, 2.05) is 36.4 Å². The van der Waals surface area contributed by atoms with E-state index in [2.05, 4.69) is 10.6 Å². The lowest BCUT2D eigenvalue weighted by atomic mass is 9.75. The zero-order chi connectivity index (χ0) is 21.1. The first-order valence-corrected chi connectivity index (χ1v) is 10.2. The molecule has 2 aromatic rings. The van der Waals surface area contributed by atoms with Crippen molar-refractivity contribution < 1.29 is 19.1 Å². The molecule has 1 aliphatic heterocycles. The van der Waals surface area contributed by atoms with Gasteiger partial charge in [0.05, 0.1) is 12.7 Å². The van der Waals surface area contributed by atoms with Gasteiger partial charge in [-0.05, 0) is 55.9 Å². The fourth-order valence-electron chi connectivity index (χ4n) is 4.48. The third kappa shape index (κ3) is 3.51. The van der Waals surface area contributed by atoms with Crippen LogP contribution in [0.15, 0.2) is 54.6 Å². The lowest BCUT2D eigenvalue weighted by Gasteiger charge is -2.40. The Morgan fingerprint density at radius 2 is 1.77 bits per heavy atom. The second-order valence-corrected chi connectivity index (χ2v) is 7.82. The number of nitrogens with zero attached hydrogens (tertiary/aromatic N) is 1. The molecule has 30 heavy (non-hydrogen) atoms. The molecule has 156 valence electrons. The average molecular weight is 407 g/mol. The van der Waals surface area contributed by atoms with Crippen LogP contribution in [-0.2, 0) is 4.79 Å². The van der Waals surface area contributed by atoms with Gasteiger partial charge in [0.15, 0.2) is 0 Å². The molecule has 1 heterocycles. The summed E-state index contributed by atoms with van der Waals surface area (Å²) in [6.07, 6.45) is 2.62. The van der Waals surface area contributed by atoms with E-state index < -0.39 is 5.54 Å². The number of nitrogens with one attached hydrogen (secondary N) is 2. The van der Waals surface area contributed by atoms with Crippen LogP contribution in [0, 0.1) is 5.92 Å². The molecule has 2 N–H and O–H groups in total. The second kappa shape index (κ2) is 8.18. The molecule has 0 aromatic heterocycles. The number of ether oxygens (including phenoxy) is 1. The number of imide groups is 1. The van der Waals surface area contributed by atoms with Crippen molar-refractivity contribution in [2.75, 3.05) is 18.6 Å². The zero-order valence-corrected chi connectivity index (χ0v) is 16.9. The van der Waals surface area contributed by atoms with Crippen LogP contribution in [0.2, 0.25) is 0 Å². The van der Waals surface area contributed by atoms with Crippen LogP contribution in [0.4, 0.5) is 10.5 Å². The summed E-state index contributed by atoms with van der Waals surface area (Å²) in [4.78, 5) is 39.4. The van der Waals surface area contributed by atoms with E-state index in [1.54, 1.807) is 30.2 Å². The average Bonchev–Trinajstić information content (AvgIpc) is 3.02. The Bertz CT molecular complexity index is 952. The fraction of sp³-hybridized carbons (Fsp3) is 0.348. The van der Waals surface area contributed by atoms with E-state index >= 15 is 0 Å². The van der Waals surface area contributed by atoms with Crippen molar-refractivity contribution in [3.8, 4) is 5.75 Å². The number of rotatable bonds is 5. The molecule has 1 saturated carbocycles. The molecule has 4 rings (SSSR count). The number of methoxy groups -OCH3 is 1. The van der Waals surface area contributed by atoms with Crippen LogP contribution in [0.25, 0.3) is 0 Å². The Morgan fingerprint density at radius 1 is 1.10 bits per heavy atom. The van der Waals surface area contributed by atoms with Crippen LogP contribution < -0.4 is 20.3 Å². The molecule has 0 atom stereocenters. The Balaban J connectivity index is 1.41. The number of anilines is 1. The maximum Gasteiger partial charge on any atom is 0.329 e. The van der Waals surface area contributed by atoms with Gasteiger partial charge in [0.2, 0.25) is 0 Å². The minimum Gasteiger partial charge on any atom is -0.496 e. The van der Waals surface area contributed by atoms with E-state index in [9.17, 15) is 14.4 Å². The summed E-state index contributed by atoms with van der Waals surface area (Å²) in [6.45, 7) is 0.522. The molecule has 1 aliphatic carbocycles. The summed E-state index contributed by atoms with van der Waals surface area (Å²) >= 11 is 0. The highest BCUT2D eigenvalue weighted by atomic mass is 16.5. The van der Waals surface area contributed by atoms with Gasteiger partial charge < -0.3 is 10.1 Å². The molecule has 0 unspecified atom stereocenters. The maximum atomic E-state index is 12.7. The number of para-hydroxylation sites is 2. The van der Waals surface area contributed by atoms with E-state index in [1.165, 1.54) is 0 Å². The minimum absolute atomic E-state index is 0.174. The number of hydrogen-bond acceptors (Lipinski definition) is 4. The van der Waals surface area contributed by atoms with E-state index in [0.29, 0.717) is 30.7 Å². The van der Waals surface area contributed by atoms with Crippen molar-refractivity contribution in [2.45, 2.75) is 31.2 Å². The SMILES string of the molecule is COc1ccccc1C(=O)NCC1CCC2(CC1)C(=O)NC(=O)N2c1ccccc1. The molecule has 0 radical (unpaired) electrons. The predicted molar refractivity (Wildman–Crippen MR) is 112 cm³/mol. The monoisotopic (exact) mass is 407 g/mol. The molecular formula is C23H25N3O4. The number of amides is 4. The highest BCUT2D eigenvalue weighted by molar-refractivity contribution is 6.17. The highest BCUT2D eigenvalue weighted by Crippen LogP contribution is 2.41. The van der Waals surface area contributed by atoms with Gasteiger partial charge in [0.1, 0.15) is 11.3 Å². The van der Waals surface area contributed by atoms with Crippen molar-refractivity contribution in [1.82, 2.24) is 10.6 Å². The third-order valence-electron chi connectivity index (χ3n) is 6.12. The minimum atomic E-state index is -0.846. The van der Waals surface area contributed by atoms with Crippen molar-refractivity contribution in [3.63, 3.8) is 0 Å². The molecule has 2 fully saturated rings. The lowest BCUT2D eigenvalue weighted by Crippen LogP contribution is -2.53. The fourth-order valence-corrected chi connectivity index (χ4v) is 4.48. The number of carbonyl (C=O) groups is 3. The molecule has 7 nitrogen and oxygen atoms in total. The summed E-state index contributed by atoms with van der Waals surface area (Å²) in [5.74, 6) is 0.382. The van der Waals surface area contributed by atoms with Gasteiger partial charge in [0, 0.05) is 12.2 Å². The van der Waals surface area contributed by atoms with Crippen LogP contribution in [0.3, 0.4) is 0 Å². The molecule has 4 amide bonds. The molecule has 0 bridgehead atoms. The Hall–Kier alpha value is -3.35. The van der Waals surface area contributed by atoms with Crippen molar-refractivity contribution in [1.29, 1.82) is 0 Å². The summed E-state index contributed by atoms with van der Waals surface area (Å²) < 4.78 is 5.25. The number of hydrogen-bond donors (Lipinski definition) is 2. The van der Waals surface area contributed by atoms with Crippen LogP contribution >= 0.6 is 0 Å². The number of benzene rings is 2. The summed E-state index contributed by atoms with van der Waals surface area (Å²) in [7, 11) is 1.54. The maximum absolute atomic E-state index is 12.7. The smallest absolute Gasteiger partial charge is 0.329 e. The normalized spacial score (nSPS) is 23.4. The zero-order valence-electron chi connectivity index (χ0n) is 16.9. The summed E-state index contributed by atoms with van der Waals surface area (Å²) in [6, 6.07) is 16.0. The number of urea groups is 1. The van der Waals surface area contributed by atoms with Gasteiger partial charge in [0.25, 0.3) is 11.8 Å². The lowest BCUT2D eigenvalue weighted by molar-refractivity contribution is -0.124. The molecule has 2 aliphatic rings. The Kier molecular flexibility index (Phi) is 5.44. The first kappa shape index (κ1) is 19.9. The number of carbonyl (C=O) groups excluding carboxylic acids is 3. The van der Waals surface area contributed by atoms with Crippen molar-refractivity contribution in [2.24, 2.45) is 5.92 Å². The largest absolute Gasteiger partial charge is 0.496 e. The molecule has 1 saturated heterocycles. The van der Waals surface area contributed by atoms with Gasteiger partial charge in [-0.1, -0.05) is 30.3 Å². The van der Waals surface area contributed by atoms with Gasteiger partial charge >= 0.3 is 6.03 Å². The predicted octanol–water partition coefficient (Wildman–Crippen LogP) is 3.11. The Morgan fingerprint density at radius 3 is 2.47 bits per heavy atom. The van der Waals surface area contributed by atoms with Gasteiger partial charge in [-0.15, -0.1) is 0 Å². The second-order valence-electron chi connectivity index (χ2n) is 7.82. The Labute approximate surface area is 175 Å². The van der Waals surface area contributed by atoms with E-state index in [4.69, 9.17) is 4.74 Å². The first-order valence-electron chi connectivity index (χ1n) is 10.2. The molecular weight excluding hydrogens is 382 g/mol.